The van der Waals surface area contributed by atoms with Gasteiger partial charge in [0.2, 0.25) is 0 Å². The normalized spacial score (nSPS) is 10.1. The zero-order valence-electron chi connectivity index (χ0n) is 10.5. The SMILES string of the molecule is Cc1cccnc1NC(=O)c1cccc([N+](=O)[O-])c1Br. The van der Waals surface area contributed by atoms with Crippen molar-refractivity contribution in [1.82, 2.24) is 4.98 Å². The van der Waals surface area contributed by atoms with Crippen LogP contribution in [0, 0.1) is 17.0 Å². The van der Waals surface area contributed by atoms with Crippen molar-refractivity contribution in [1.29, 1.82) is 0 Å². The van der Waals surface area contributed by atoms with E-state index in [2.05, 4.69) is 26.2 Å². The first-order valence-electron chi connectivity index (χ1n) is 5.66. The Labute approximate surface area is 123 Å². The van der Waals surface area contributed by atoms with Crippen LogP contribution in [-0.4, -0.2) is 15.8 Å². The number of benzene rings is 1. The minimum Gasteiger partial charge on any atom is -0.306 e. The molecule has 0 aliphatic heterocycles. The first-order chi connectivity index (χ1) is 9.50. The van der Waals surface area contributed by atoms with Crippen molar-refractivity contribution in [3.05, 3.63) is 62.2 Å². The average molecular weight is 336 g/mol. The highest BCUT2D eigenvalue weighted by molar-refractivity contribution is 9.10. The second-order valence-electron chi connectivity index (χ2n) is 4.02. The van der Waals surface area contributed by atoms with Crippen molar-refractivity contribution in [3.63, 3.8) is 0 Å². The Morgan fingerprint density at radius 2 is 2.10 bits per heavy atom. The summed E-state index contributed by atoms with van der Waals surface area (Å²) in [5.41, 5.74) is 0.835. The third kappa shape index (κ3) is 2.83. The maximum absolute atomic E-state index is 12.2. The molecule has 0 atom stereocenters. The number of aromatic nitrogens is 1. The number of nitro benzene ring substituents is 1. The minimum atomic E-state index is -0.549. The quantitative estimate of drug-likeness (QED) is 0.688. The lowest BCUT2D eigenvalue weighted by atomic mass is 10.2. The molecule has 0 radical (unpaired) electrons. The van der Waals surface area contributed by atoms with Gasteiger partial charge < -0.3 is 5.32 Å². The van der Waals surface area contributed by atoms with E-state index in [4.69, 9.17) is 0 Å². The number of nitro groups is 1. The number of nitrogens with one attached hydrogen (secondary N) is 1. The molecule has 1 N–H and O–H groups in total. The second-order valence-corrected chi connectivity index (χ2v) is 4.81. The van der Waals surface area contributed by atoms with E-state index < -0.39 is 10.8 Å². The van der Waals surface area contributed by atoms with Crippen LogP contribution >= 0.6 is 15.9 Å². The summed E-state index contributed by atoms with van der Waals surface area (Å²) >= 11 is 3.09. The van der Waals surface area contributed by atoms with Crippen LogP contribution in [0.4, 0.5) is 11.5 Å². The topological polar surface area (TPSA) is 85.1 Å². The number of carbonyl (C=O) groups is 1. The molecule has 0 spiro atoms. The van der Waals surface area contributed by atoms with Gasteiger partial charge in [0.05, 0.1) is 10.5 Å². The van der Waals surface area contributed by atoms with Crippen molar-refractivity contribution in [2.75, 3.05) is 5.32 Å². The lowest BCUT2D eigenvalue weighted by Crippen LogP contribution is -2.14. The molecule has 0 bridgehead atoms. The van der Waals surface area contributed by atoms with Gasteiger partial charge in [-0.2, -0.15) is 0 Å². The molecule has 20 heavy (non-hydrogen) atoms. The van der Waals surface area contributed by atoms with Gasteiger partial charge in [-0.1, -0.05) is 12.1 Å². The van der Waals surface area contributed by atoms with Crippen LogP contribution in [0.1, 0.15) is 15.9 Å². The molecule has 0 unspecified atom stereocenters. The Hall–Kier alpha value is -2.28. The monoisotopic (exact) mass is 335 g/mol. The maximum atomic E-state index is 12.2. The number of hydrogen-bond acceptors (Lipinski definition) is 4. The van der Waals surface area contributed by atoms with Crippen LogP contribution in [0.25, 0.3) is 0 Å². The van der Waals surface area contributed by atoms with Crippen molar-refractivity contribution < 1.29 is 9.72 Å². The standard InChI is InChI=1S/C13H10BrN3O3/c1-8-4-3-7-15-12(8)16-13(18)9-5-2-6-10(11(9)14)17(19)20/h2-7H,1H3,(H,15,16,18). The van der Waals surface area contributed by atoms with Gasteiger partial charge in [0.25, 0.3) is 11.6 Å². The Kier molecular flexibility index (Phi) is 4.09. The smallest absolute Gasteiger partial charge is 0.284 e. The first kappa shape index (κ1) is 14.1. The molecular formula is C13H10BrN3O3. The van der Waals surface area contributed by atoms with E-state index >= 15 is 0 Å². The molecule has 1 aromatic heterocycles. The number of carbonyl (C=O) groups excluding carboxylic acids is 1. The van der Waals surface area contributed by atoms with Crippen molar-refractivity contribution in [3.8, 4) is 0 Å². The molecule has 0 saturated carbocycles. The van der Waals surface area contributed by atoms with E-state index in [9.17, 15) is 14.9 Å². The van der Waals surface area contributed by atoms with E-state index in [1.165, 1.54) is 18.2 Å². The highest BCUT2D eigenvalue weighted by Crippen LogP contribution is 2.28. The van der Waals surface area contributed by atoms with Crippen LogP contribution in [0.3, 0.4) is 0 Å². The highest BCUT2D eigenvalue weighted by Gasteiger charge is 2.19. The van der Waals surface area contributed by atoms with E-state index in [1.807, 2.05) is 13.0 Å². The fourth-order valence-corrected chi connectivity index (χ4v) is 2.22. The van der Waals surface area contributed by atoms with E-state index in [1.54, 1.807) is 12.3 Å². The van der Waals surface area contributed by atoms with Gasteiger partial charge >= 0.3 is 0 Å². The Morgan fingerprint density at radius 3 is 2.75 bits per heavy atom. The van der Waals surface area contributed by atoms with E-state index in [0.29, 0.717) is 5.82 Å². The summed E-state index contributed by atoms with van der Waals surface area (Å²) in [4.78, 5) is 26.5. The summed E-state index contributed by atoms with van der Waals surface area (Å²) < 4.78 is 0.149. The predicted octanol–water partition coefficient (Wildman–Crippen LogP) is 3.31. The van der Waals surface area contributed by atoms with Crippen molar-refractivity contribution in [2.45, 2.75) is 6.92 Å². The van der Waals surface area contributed by atoms with E-state index in [-0.39, 0.29) is 15.7 Å². The first-order valence-corrected chi connectivity index (χ1v) is 6.46. The minimum absolute atomic E-state index is 0.149. The number of hydrogen-bond donors (Lipinski definition) is 1. The Balaban J connectivity index is 2.33. The van der Waals surface area contributed by atoms with Gasteiger partial charge in [0, 0.05) is 12.3 Å². The summed E-state index contributed by atoms with van der Waals surface area (Å²) in [5.74, 6) is -0.0294. The average Bonchev–Trinajstić information content (AvgIpc) is 2.41. The highest BCUT2D eigenvalue weighted by atomic mass is 79.9. The molecule has 0 fully saturated rings. The van der Waals surface area contributed by atoms with E-state index in [0.717, 1.165) is 5.56 Å². The molecule has 7 heteroatoms. The number of aryl methyl sites for hydroxylation is 1. The number of nitrogens with zero attached hydrogens (tertiary/aromatic N) is 2. The largest absolute Gasteiger partial charge is 0.306 e. The van der Waals surface area contributed by atoms with Gasteiger partial charge in [0.1, 0.15) is 10.3 Å². The summed E-state index contributed by atoms with van der Waals surface area (Å²) in [6.45, 7) is 1.81. The lowest BCUT2D eigenvalue weighted by molar-refractivity contribution is -0.385. The number of rotatable bonds is 3. The second kappa shape index (κ2) is 5.79. The van der Waals surface area contributed by atoms with Gasteiger partial charge in [0.15, 0.2) is 0 Å². The molecule has 2 rings (SSSR count). The molecule has 1 heterocycles. The van der Waals surface area contributed by atoms with Gasteiger partial charge in [-0.05, 0) is 40.5 Å². The Morgan fingerprint density at radius 1 is 1.35 bits per heavy atom. The van der Waals surface area contributed by atoms with Crippen LogP contribution in [0.5, 0.6) is 0 Å². The van der Waals surface area contributed by atoms with Crippen molar-refractivity contribution >= 4 is 33.3 Å². The number of amides is 1. The molecule has 0 aliphatic rings. The molecule has 0 saturated heterocycles. The number of halogens is 1. The summed E-state index contributed by atoms with van der Waals surface area (Å²) in [6.07, 6.45) is 1.56. The van der Waals surface area contributed by atoms with Crippen LogP contribution in [0.2, 0.25) is 0 Å². The van der Waals surface area contributed by atoms with Gasteiger partial charge in [-0.25, -0.2) is 4.98 Å². The Bertz CT molecular complexity index is 688. The maximum Gasteiger partial charge on any atom is 0.284 e. The molecular weight excluding hydrogens is 326 g/mol. The zero-order chi connectivity index (χ0) is 14.7. The number of anilines is 1. The summed E-state index contributed by atoms with van der Waals surface area (Å²) in [7, 11) is 0. The molecule has 1 amide bonds. The molecule has 1 aromatic carbocycles. The fourth-order valence-electron chi connectivity index (χ4n) is 1.63. The molecule has 0 aliphatic carbocycles. The number of pyridine rings is 1. The third-order valence-corrected chi connectivity index (χ3v) is 3.49. The summed E-state index contributed by atoms with van der Waals surface area (Å²) in [5, 5.41) is 13.5. The summed E-state index contributed by atoms with van der Waals surface area (Å²) in [6, 6.07) is 7.86. The van der Waals surface area contributed by atoms with Crippen LogP contribution < -0.4 is 5.32 Å². The molecule has 102 valence electrons. The predicted molar refractivity (Wildman–Crippen MR) is 77.7 cm³/mol. The lowest BCUT2D eigenvalue weighted by Gasteiger charge is -2.08. The van der Waals surface area contributed by atoms with Crippen LogP contribution in [0.15, 0.2) is 41.0 Å². The zero-order valence-corrected chi connectivity index (χ0v) is 12.0. The van der Waals surface area contributed by atoms with Gasteiger partial charge in [-0.15, -0.1) is 0 Å². The van der Waals surface area contributed by atoms with Crippen molar-refractivity contribution in [2.24, 2.45) is 0 Å². The van der Waals surface area contributed by atoms with Gasteiger partial charge in [-0.3, -0.25) is 14.9 Å². The fraction of sp³-hybridized carbons (Fsp3) is 0.0769. The molecule has 2 aromatic rings. The third-order valence-electron chi connectivity index (χ3n) is 2.66. The van der Waals surface area contributed by atoms with Crippen LogP contribution in [-0.2, 0) is 0 Å². The molecule has 6 nitrogen and oxygen atoms in total.